The van der Waals surface area contributed by atoms with Crippen LogP contribution in [0.3, 0.4) is 0 Å². The molecule has 2 aromatic rings. The van der Waals surface area contributed by atoms with Crippen molar-refractivity contribution in [2.45, 2.75) is 32.2 Å². The fourth-order valence-corrected chi connectivity index (χ4v) is 3.84. The number of nitrogens with one attached hydrogen (secondary N) is 1. The van der Waals surface area contributed by atoms with E-state index in [0.29, 0.717) is 6.04 Å². The maximum Gasteiger partial charge on any atom is 0.0314 e. The molecule has 102 valence electrons. The lowest BCUT2D eigenvalue weighted by Crippen LogP contribution is -2.31. The van der Waals surface area contributed by atoms with Crippen LogP contribution in [0, 0.1) is 0 Å². The molecule has 0 radical (unpaired) electrons. The third kappa shape index (κ3) is 4.75. The Kier molecular flexibility index (Phi) is 6.08. The first-order chi connectivity index (χ1) is 9.29. The van der Waals surface area contributed by atoms with Crippen molar-refractivity contribution < 1.29 is 0 Å². The summed E-state index contributed by atoms with van der Waals surface area (Å²) in [5.74, 6) is 0. The Morgan fingerprint density at radius 2 is 2.00 bits per heavy atom. The molecule has 0 bridgehead atoms. The van der Waals surface area contributed by atoms with Crippen molar-refractivity contribution in [1.29, 1.82) is 0 Å². The molecule has 1 unspecified atom stereocenters. The third-order valence-corrected chi connectivity index (χ3v) is 5.19. The van der Waals surface area contributed by atoms with E-state index in [1.807, 2.05) is 11.3 Å². The number of thiophene rings is 1. The van der Waals surface area contributed by atoms with Gasteiger partial charge in [0.05, 0.1) is 0 Å². The smallest absolute Gasteiger partial charge is 0.0314 e. The minimum absolute atomic E-state index is 0.556. The molecule has 19 heavy (non-hydrogen) atoms. The summed E-state index contributed by atoms with van der Waals surface area (Å²) in [6.45, 7) is 3.21. The minimum Gasteiger partial charge on any atom is -0.314 e. The first kappa shape index (κ1) is 14.8. The van der Waals surface area contributed by atoms with Gasteiger partial charge in [-0.05, 0) is 58.7 Å². The summed E-state index contributed by atoms with van der Waals surface area (Å²) in [5.41, 5.74) is 1.43. The van der Waals surface area contributed by atoms with E-state index in [2.05, 4.69) is 69.9 Å². The first-order valence-electron chi connectivity index (χ1n) is 6.78. The molecule has 0 aliphatic heterocycles. The lowest BCUT2D eigenvalue weighted by Gasteiger charge is -2.17. The number of aryl methyl sites for hydroxylation is 1. The van der Waals surface area contributed by atoms with Crippen molar-refractivity contribution in [1.82, 2.24) is 5.32 Å². The number of likely N-dealkylation sites (N-methyl/N-ethyl adjacent to an activating group) is 1. The van der Waals surface area contributed by atoms with Crippen LogP contribution < -0.4 is 5.32 Å². The topological polar surface area (TPSA) is 12.0 Å². The van der Waals surface area contributed by atoms with Crippen molar-refractivity contribution in [3.63, 3.8) is 0 Å². The largest absolute Gasteiger partial charge is 0.314 e. The molecule has 0 saturated heterocycles. The van der Waals surface area contributed by atoms with E-state index in [4.69, 9.17) is 0 Å². The van der Waals surface area contributed by atoms with E-state index >= 15 is 0 Å². The Morgan fingerprint density at radius 1 is 1.21 bits per heavy atom. The standard InChI is InChI=1S/C16H20BrNS/c1-2-18-14(12-16-15(17)10-11-19-16)9-8-13-6-4-3-5-7-13/h3-7,10-11,14,18H,2,8-9,12H2,1H3. The maximum absolute atomic E-state index is 3.62. The Labute approximate surface area is 128 Å². The minimum atomic E-state index is 0.556. The summed E-state index contributed by atoms with van der Waals surface area (Å²) >= 11 is 5.46. The molecule has 2 rings (SSSR count). The van der Waals surface area contributed by atoms with Gasteiger partial charge in [-0.3, -0.25) is 0 Å². The summed E-state index contributed by atoms with van der Waals surface area (Å²) in [6.07, 6.45) is 3.43. The summed E-state index contributed by atoms with van der Waals surface area (Å²) in [4.78, 5) is 1.44. The number of halogens is 1. The van der Waals surface area contributed by atoms with Crippen LogP contribution in [0.15, 0.2) is 46.3 Å². The predicted molar refractivity (Wildman–Crippen MR) is 88.0 cm³/mol. The van der Waals surface area contributed by atoms with E-state index in [0.717, 1.165) is 19.4 Å². The van der Waals surface area contributed by atoms with Crippen molar-refractivity contribution in [2.75, 3.05) is 6.54 Å². The van der Waals surface area contributed by atoms with Crippen molar-refractivity contribution in [3.05, 3.63) is 56.7 Å². The molecule has 1 atom stereocenters. The zero-order valence-electron chi connectivity index (χ0n) is 11.2. The van der Waals surface area contributed by atoms with Gasteiger partial charge in [-0.25, -0.2) is 0 Å². The molecule has 1 nitrogen and oxygen atoms in total. The third-order valence-electron chi connectivity index (χ3n) is 3.24. The van der Waals surface area contributed by atoms with Crippen LogP contribution in [0.2, 0.25) is 0 Å². The van der Waals surface area contributed by atoms with Gasteiger partial charge in [-0.1, -0.05) is 37.3 Å². The van der Waals surface area contributed by atoms with E-state index in [-0.39, 0.29) is 0 Å². The maximum atomic E-state index is 3.62. The monoisotopic (exact) mass is 337 g/mol. The highest BCUT2D eigenvalue weighted by molar-refractivity contribution is 9.10. The molecule has 1 N–H and O–H groups in total. The number of benzene rings is 1. The van der Waals surface area contributed by atoms with E-state index < -0.39 is 0 Å². The molecule has 3 heteroatoms. The van der Waals surface area contributed by atoms with Crippen LogP contribution in [0.4, 0.5) is 0 Å². The van der Waals surface area contributed by atoms with Crippen molar-refractivity contribution >= 4 is 27.3 Å². The average molecular weight is 338 g/mol. The summed E-state index contributed by atoms with van der Waals surface area (Å²) in [5, 5.41) is 5.76. The quantitative estimate of drug-likeness (QED) is 0.774. The zero-order chi connectivity index (χ0) is 13.5. The highest BCUT2D eigenvalue weighted by Gasteiger charge is 2.11. The van der Waals surface area contributed by atoms with E-state index in [1.54, 1.807) is 0 Å². The van der Waals surface area contributed by atoms with Gasteiger partial charge in [-0.2, -0.15) is 0 Å². The van der Waals surface area contributed by atoms with Crippen LogP contribution in [0.1, 0.15) is 23.8 Å². The molecule has 0 amide bonds. The van der Waals surface area contributed by atoms with Gasteiger partial charge < -0.3 is 5.32 Å². The molecule has 1 heterocycles. The van der Waals surface area contributed by atoms with Crippen LogP contribution in [0.5, 0.6) is 0 Å². The van der Waals surface area contributed by atoms with Gasteiger partial charge in [0.2, 0.25) is 0 Å². The average Bonchev–Trinajstić information content (AvgIpc) is 2.83. The fourth-order valence-electron chi connectivity index (χ4n) is 2.25. The zero-order valence-corrected chi connectivity index (χ0v) is 13.6. The lowest BCUT2D eigenvalue weighted by atomic mass is 10.0. The van der Waals surface area contributed by atoms with Crippen LogP contribution in [0.25, 0.3) is 0 Å². The lowest BCUT2D eigenvalue weighted by molar-refractivity contribution is 0.493. The first-order valence-corrected chi connectivity index (χ1v) is 8.46. The second-order valence-electron chi connectivity index (χ2n) is 4.67. The molecule has 0 fully saturated rings. The number of hydrogen-bond acceptors (Lipinski definition) is 2. The Balaban J connectivity index is 1.91. The normalized spacial score (nSPS) is 12.5. The van der Waals surface area contributed by atoms with E-state index in [9.17, 15) is 0 Å². The fraction of sp³-hybridized carbons (Fsp3) is 0.375. The SMILES string of the molecule is CCNC(CCc1ccccc1)Cc1sccc1Br. The van der Waals surface area contributed by atoms with Gasteiger partial charge >= 0.3 is 0 Å². The van der Waals surface area contributed by atoms with Gasteiger partial charge in [-0.15, -0.1) is 11.3 Å². The molecule has 1 aromatic carbocycles. The van der Waals surface area contributed by atoms with Gasteiger partial charge in [0.15, 0.2) is 0 Å². The summed E-state index contributed by atoms with van der Waals surface area (Å²) in [7, 11) is 0. The summed E-state index contributed by atoms with van der Waals surface area (Å²) in [6, 6.07) is 13.4. The van der Waals surface area contributed by atoms with Crippen LogP contribution in [-0.2, 0) is 12.8 Å². The molecular weight excluding hydrogens is 318 g/mol. The molecular formula is C16H20BrNS. The van der Waals surface area contributed by atoms with Gasteiger partial charge in [0, 0.05) is 15.4 Å². The van der Waals surface area contributed by atoms with Crippen molar-refractivity contribution in [3.8, 4) is 0 Å². The Bertz CT molecular complexity index is 481. The van der Waals surface area contributed by atoms with Gasteiger partial charge in [0.1, 0.15) is 0 Å². The predicted octanol–water partition coefficient (Wildman–Crippen LogP) is 4.66. The molecule has 0 aliphatic carbocycles. The Morgan fingerprint density at radius 3 is 2.63 bits per heavy atom. The number of rotatable bonds is 7. The number of hydrogen-bond donors (Lipinski definition) is 1. The molecule has 1 aromatic heterocycles. The molecule has 0 saturated carbocycles. The molecule has 0 aliphatic rings. The second kappa shape index (κ2) is 7.83. The van der Waals surface area contributed by atoms with E-state index in [1.165, 1.54) is 21.3 Å². The highest BCUT2D eigenvalue weighted by Crippen LogP contribution is 2.24. The molecule has 0 spiro atoms. The van der Waals surface area contributed by atoms with Crippen molar-refractivity contribution in [2.24, 2.45) is 0 Å². The highest BCUT2D eigenvalue weighted by atomic mass is 79.9. The van der Waals surface area contributed by atoms with Gasteiger partial charge in [0.25, 0.3) is 0 Å². The summed E-state index contributed by atoms with van der Waals surface area (Å²) < 4.78 is 1.25. The second-order valence-corrected chi connectivity index (χ2v) is 6.53. The Hall–Kier alpha value is -0.640. The van der Waals surface area contributed by atoms with Crippen LogP contribution in [-0.4, -0.2) is 12.6 Å². The van der Waals surface area contributed by atoms with Crippen LogP contribution >= 0.6 is 27.3 Å².